The quantitative estimate of drug-likeness (QED) is 0.497. The molecule has 2 aromatic heterocycles. The van der Waals surface area contributed by atoms with Crippen molar-refractivity contribution in [3.05, 3.63) is 75.2 Å². The van der Waals surface area contributed by atoms with E-state index < -0.39 is 11.2 Å². The Kier molecular flexibility index (Phi) is 7.39. The minimum absolute atomic E-state index is 0.0383. The second-order valence-electron chi connectivity index (χ2n) is 6.98. The molecule has 3 N–H and O–H groups in total. The number of H-pyrrole nitrogens is 1. The van der Waals surface area contributed by atoms with E-state index in [4.69, 9.17) is 10.5 Å². The Morgan fingerprint density at radius 2 is 1.97 bits per heavy atom. The fourth-order valence-corrected chi connectivity index (χ4v) is 3.26. The van der Waals surface area contributed by atoms with Gasteiger partial charge in [0, 0.05) is 32.5 Å². The van der Waals surface area contributed by atoms with Crippen LogP contribution >= 0.6 is 0 Å². The number of hydrogen-bond donors (Lipinski definition) is 2. The lowest BCUT2D eigenvalue weighted by Gasteiger charge is -2.25. The first-order chi connectivity index (χ1) is 15.0. The van der Waals surface area contributed by atoms with Gasteiger partial charge in [-0.15, -0.1) is 0 Å². The maximum atomic E-state index is 13.2. The van der Waals surface area contributed by atoms with Gasteiger partial charge in [-0.05, 0) is 18.1 Å². The number of amides is 1. The van der Waals surface area contributed by atoms with Crippen LogP contribution in [0.5, 0.6) is 0 Å². The molecular formula is C21H26N6O4. The van der Waals surface area contributed by atoms with Crippen LogP contribution in [-0.2, 0) is 29.2 Å². The number of aromatic amines is 1. The zero-order valence-corrected chi connectivity index (χ0v) is 17.4. The van der Waals surface area contributed by atoms with Crippen LogP contribution in [0.4, 0.5) is 11.5 Å². The summed E-state index contributed by atoms with van der Waals surface area (Å²) >= 11 is 0. The van der Waals surface area contributed by atoms with Gasteiger partial charge in [-0.2, -0.15) is 5.10 Å². The molecule has 3 aromatic rings. The average molecular weight is 426 g/mol. The molecule has 0 bridgehead atoms. The number of rotatable bonds is 10. The minimum atomic E-state index is -0.701. The lowest BCUT2D eigenvalue weighted by Crippen LogP contribution is -2.41. The monoisotopic (exact) mass is 426 g/mol. The van der Waals surface area contributed by atoms with E-state index in [0.717, 1.165) is 5.56 Å². The largest absolute Gasteiger partial charge is 0.383 e. The molecule has 0 radical (unpaired) electrons. The Hall–Kier alpha value is -3.66. The fraction of sp³-hybridized carbons (Fsp3) is 0.333. The van der Waals surface area contributed by atoms with Crippen LogP contribution in [0.15, 0.2) is 58.4 Å². The Morgan fingerprint density at radius 3 is 2.65 bits per heavy atom. The molecule has 31 heavy (non-hydrogen) atoms. The van der Waals surface area contributed by atoms with Gasteiger partial charge in [0.2, 0.25) is 5.91 Å². The van der Waals surface area contributed by atoms with Crippen LogP contribution in [-0.4, -0.2) is 39.0 Å². The van der Waals surface area contributed by atoms with Gasteiger partial charge in [0.15, 0.2) is 5.69 Å². The SMILES string of the molecule is COCCn1c(N)c(N(Cc2ccccc2)C(=O)CCCn2cccn2)c(=O)[nH]c1=O. The second kappa shape index (κ2) is 10.4. The van der Waals surface area contributed by atoms with Gasteiger partial charge >= 0.3 is 5.69 Å². The molecule has 3 rings (SSSR count). The number of carbonyl (C=O) groups is 1. The molecule has 0 aliphatic rings. The molecule has 0 fully saturated rings. The molecule has 10 nitrogen and oxygen atoms in total. The van der Waals surface area contributed by atoms with Crippen molar-refractivity contribution < 1.29 is 9.53 Å². The van der Waals surface area contributed by atoms with Gasteiger partial charge < -0.3 is 15.4 Å². The zero-order chi connectivity index (χ0) is 22.2. The lowest BCUT2D eigenvalue weighted by molar-refractivity contribution is -0.118. The number of methoxy groups -OCH3 is 1. The standard InChI is InChI=1S/C21H26N6O4/c1-31-14-13-26-19(22)18(20(29)24-21(26)30)27(15-16-7-3-2-4-8-16)17(28)9-5-11-25-12-6-10-23-25/h2-4,6-8,10,12H,5,9,11,13-15,22H2,1H3,(H,24,29,30). The summed E-state index contributed by atoms with van der Waals surface area (Å²) in [6.45, 7) is 1.10. The van der Waals surface area contributed by atoms with Crippen molar-refractivity contribution in [2.24, 2.45) is 0 Å². The summed E-state index contributed by atoms with van der Waals surface area (Å²) in [5.74, 6) is -0.340. The number of anilines is 2. The number of nitrogens with zero attached hydrogens (tertiary/aromatic N) is 4. The summed E-state index contributed by atoms with van der Waals surface area (Å²) in [6, 6.07) is 11.1. The molecular weight excluding hydrogens is 400 g/mol. The minimum Gasteiger partial charge on any atom is -0.383 e. The van der Waals surface area contributed by atoms with E-state index in [0.29, 0.717) is 13.0 Å². The number of nitrogen functional groups attached to an aromatic ring is 1. The summed E-state index contributed by atoms with van der Waals surface area (Å²) in [7, 11) is 1.50. The van der Waals surface area contributed by atoms with Crippen molar-refractivity contribution in [2.45, 2.75) is 32.5 Å². The van der Waals surface area contributed by atoms with Crippen molar-refractivity contribution in [1.82, 2.24) is 19.3 Å². The van der Waals surface area contributed by atoms with Gasteiger partial charge in [0.05, 0.1) is 19.7 Å². The van der Waals surface area contributed by atoms with Crippen molar-refractivity contribution in [2.75, 3.05) is 24.4 Å². The third kappa shape index (κ3) is 5.48. The van der Waals surface area contributed by atoms with E-state index in [1.165, 1.54) is 16.6 Å². The first-order valence-electron chi connectivity index (χ1n) is 9.94. The summed E-state index contributed by atoms with van der Waals surface area (Å²) in [5, 5.41) is 4.13. The normalized spacial score (nSPS) is 10.9. The molecule has 0 saturated heterocycles. The van der Waals surface area contributed by atoms with E-state index in [9.17, 15) is 14.4 Å². The Labute approximate surface area is 178 Å². The van der Waals surface area contributed by atoms with E-state index >= 15 is 0 Å². The number of aryl methyl sites for hydroxylation is 1. The average Bonchev–Trinajstić information content (AvgIpc) is 3.27. The molecule has 0 aliphatic heterocycles. The Balaban J connectivity index is 1.92. The molecule has 1 aromatic carbocycles. The van der Waals surface area contributed by atoms with Crippen LogP contribution in [0.25, 0.3) is 0 Å². The fourth-order valence-electron chi connectivity index (χ4n) is 3.26. The number of nitrogens with two attached hydrogens (primary N) is 1. The van der Waals surface area contributed by atoms with Crippen molar-refractivity contribution >= 4 is 17.4 Å². The summed E-state index contributed by atoms with van der Waals surface area (Å²) in [6.07, 6.45) is 4.21. The number of ether oxygens (including phenoxy) is 1. The summed E-state index contributed by atoms with van der Waals surface area (Å²) in [5.41, 5.74) is 5.65. The maximum Gasteiger partial charge on any atom is 0.330 e. The van der Waals surface area contributed by atoms with Gasteiger partial charge in [-0.3, -0.25) is 23.8 Å². The lowest BCUT2D eigenvalue weighted by atomic mass is 10.2. The van der Waals surface area contributed by atoms with Crippen molar-refractivity contribution in [3.63, 3.8) is 0 Å². The van der Waals surface area contributed by atoms with E-state index in [-0.39, 0.29) is 43.5 Å². The van der Waals surface area contributed by atoms with E-state index in [1.54, 1.807) is 10.9 Å². The zero-order valence-electron chi connectivity index (χ0n) is 17.4. The molecule has 0 aliphatic carbocycles. The number of hydrogen-bond acceptors (Lipinski definition) is 6. The molecule has 1 amide bonds. The van der Waals surface area contributed by atoms with Crippen LogP contribution < -0.4 is 21.9 Å². The first-order valence-corrected chi connectivity index (χ1v) is 9.94. The molecule has 0 saturated carbocycles. The molecule has 0 spiro atoms. The van der Waals surface area contributed by atoms with Gasteiger partial charge in [-0.1, -0.05) is 30.3 Å². The highest BCUT2D eigenvalue weighted by Gasteiger charge is 2.24. The maximum absolute atomic E-state index is 13.2. The Morgan fingerprint density at radius 1 is 1.19 bits per heavy atom. The first kappa shape index (κ1) is 22.0. The van der Waals surface area contributed by atoms with E-state index in [2.05, 4.69) is 10.1 Å². The van der Waals surface area contributed by atoms with Crippen LogP contribution in [0.1, 0.15) is 18.4 Å². The highest BCUT2D eigenvalue weighted by atomic mass is 16.5. The number of carbonyl (C=O) groups excluding carboxylic acids is 1. The molecule has 2 heterocycles. The van der Waals surface area contributed by atoms with Crippen LogP contribution in [0.2, 0.25) is 0 Å². The van der Waals surface area contributed by atoms with Gasteiger partial charge in [0.25, 0.3) is 5.56 Å². The predicted molar refractivity (Wildman–Crippen MR) is 117 cm³/mol. The van der Waals surface area contributed by atoms with Crippen molar-refractivity contribution in [3.8, 4) is 0 Å². The third-order valence-electron chi connectivity index (χ3n) is 4.82. The second-order valence-corrected chi connectivity index (χ2v) is 6.98. The highest BCUT2D eigenvalue weighted by molar-refractivity contribution is 5.95. The highest BCUT2D eigenvalue weighted by Crippen LogP contribution is 2.21. The van der Waals surface area contributed by atoms with Crippen LogP contribution in [0, 0.1) is 0 Å². The molecule has 164 valence electrons. The number of benzene rings is 1. The molecule has 0 unspecified atom stereocenters. The predicted octanol–water partition coefficient (Wildman–Crippen LogP) is 0.975. The number of nitrogens with one attached hydrogen (secondary N) is 1. The summed E-state index contributed by atoms with van der Waals surface area (Å²) < 4.78 is 7.96. The molecule has 10 heteroatoms. The smallest absolute Gasteiger partial charge is 0.330 e. The summed E-state index contributed by atoms with van der Waals surface area (Å²) in [4.78, 5) is 41.7. The molecule has 0 atom stereocenters. The topological polar surface area (TPSA) is 128 Å². The Bertz CT molecular complexity index is 1110. The van der Waals surface area contributed by atoms with Crippen LogP contribution in [0.3, 0.4) is 0 Å². The van der Waals surface area contributed by atoms with Gasteiger partial charge in [0.1, 0.15) is 5.82 Å². The van der Waals surface area contributed by atoms with E-state index in [1.807, 2.05) is 42.6 Å². The van der Waals surface area contributed by atoms with Crippen molar-refractivity contribution in [1.29, 1.82) is 0 Å². The number of aromatic nitrogens is 4. The third-order valence-corrected chi connectivity index (χ3v) is 4.82. The van der Waals surface area contributed by atoms with Gasteiger partial charge in [-0.25, -0.2) is 4.79 Å².